The number of hydrogen-bond donors (Lipinski definition) is 2. The highest BCUT2D eigenvalue weighted by atomic mass is 15.5. The zero-order chi connectivity index (χ0) is 13.3. The molecule has 0 aromatic heterocycles. The van der Waals surface area contributed by atoms with Crippen LogP contribution in [0.4, 0.5) is 0 Å². The van der Waals surface area contributed by atoms with E-state index < -0.39 is 0 Å². The van der Waals surface area contributed by atoms with E-state index in [2.05, 4.69) is 24.3 Å². The van der Waals surface area contributed by atoms with E-state index in [9.17, 15) is 0 Å². The predicted molar refractivity (Wildman–Crippen MR) is 79.4 cm³/mol. The van der Waals surface area contributed by atoms with Crippen molar-refractivity contribution >= 4 is 0 Å². The molecule has 1 unspecified atom stereocenters. The summed E-state index contributed by atoms with van der Waals surface area (Å²) < 4.78 is 0. The van der Waals surface area contributed by atoms with Crippen molar-refractivity contribution in [2.45, 2.75) is 77.2 Å². The molecule has 0 aliphatic carbocycles. The van der Waals surface area contributed by atoms with E-state index >= 15 is 0 Å². The summed E-state index contributed by atoms with van der Waals surface area (Å²) in [6.45, 7) is 7.65. The van der Waals surface area contributed by atoms with E-state index in [0.29, 0.717) is 0 Å². The summed E-state index contributed by atoms with van der Waals surface area (Å²) in [5.74, 6) is 0. The molecule has 0 saturated carbocycles. The number of nitrogens with zero attached hydrogens (tertiary/aromatic N) is 1. The Bertz CT molecular complexity index is 202. The molecule has 0 amide bonds. The monoisotopic (exact) mass is 255 g/mol. The van der Waals surface area contributed by atoms with E-state index in [0.717, 1.165) is 6.54 Å². The zero-order valence-corrected chi connectivity index (χ0v) is 12.5. The lowest BCUT2D eigenvalue weighted by molar-refractivity contribution is 0.0853. The topological polar surface area (TPSA) is 41.3 Å². The van der Waals surface area contributed by atoms with Crippen LogP contribution in [0, 0.1) is 0 Å². The molecule has 0 aromatic carbocycles. The van der Waals surface area contributed by atoms with Crippen LogP contribution >= 0.6 is 0 Å². The summed E-state index contributed by atoms with van der Waals surface area (Å²) in [5.41, 5.74) is 9.76. The van der Waals surface area contributed by atoms with Crippen LogP contribution in [0.5, 0.6) is 0 Å². The molecule has 1 aliphatic heterocycles. The van der Waals surface area contributed by atoms with Gasteiger partial charge in [0.15, 0.2) is 0 Å². The van der Waals surface area contributed by atoms with Gasteiger partial charge in [0.2, 0.25) is 0 Å². The molecule has 3 heteroatoms. The molecule has 3 nitrogen and oxygen atoms in total. The van der Waals surface area contributed by atoms with Crippen molar-refractivity contribution in [1.82, 2.24) is 10.4 Å². The lowest BCUT2D eigenvalue weighted by Gasteiger charge is -2.38. The Morgan fingerprint density at radius 1 is 1.06 bits per heavy atom. The summed E-state index contributed by atoms with van der Waals surface area (Å²) in [6, 6.07) is 0. The zero-order valence-electron chi connectivity index (χ0n) is 12.5. The minimum absolute atomic E-state index is 0.101. The van der Waals surface area contributed by atoms with E-state index in [4.69, 9.17) is 5.73 Å². The maximum Gasteiger partial charge on any atom is 0.0420 e. The molecule has 108 valence electrons. The van der Waals surface area contributed by atoms with Gasteiger partial charge in [0.05, 0.1) is 0 Å². The first-order chi connectivity index (χ1) is 8.70. The standard InChI is InChI=1S/C15H33N3/c1-3-4-5-6-8-11-15(2,14-16)17-18-12-9-7-10-13-18/h17H,3-14,16H2,1-2H3. The van der Waals surface area contributed by atoms with Crippen molar-refractivity contribution in [2.24, 2.45) is 5.73 Å². The molecular weight excluding hydrogens is 222 g/mol. The van der Waals surface area contributed by atoms with Crippen LogP contribution in [0.25, 0.3) is 0 Å². The highest BCUT2D eigenvalue weighted by Crippen LogP contribution is 2.17. The first-order valence-electron chi connectivity index (χ1n) is 7.93. The second-order valence-electron chi connectivity index (χ2n) is 6.09. The lowest BCUT2D eigenvalue weighted by atomic mass is 9.94. The Balaban J connectivity index is 2.22. The fourth-order valence-electron chi connectivity index (χ4n) is 2.71. The Morgan fingerprint density at radius 2 is 1.72 bits per heavy atom. The molecule has 1 saturated heterocycles. The van der Waals surface area contributed by atoms with Crippen molar-refractivity contribution in [2.75, 3.05) is 19.6 Å². The summed E-state index contributed by atoms with van der Waals surface area (Å²) >= 11 is 0. The highest BCUT2D eigenvalue weighted by Gasteiger charge is 2.25. The minimum atomic E-state index is 0.101. The average Bonchev–Trinajstić information content (AvgIpc) is 2.40. The van der Waals surface area contributed by atoms with Crippen LogP contribution < -0.4 is 11.2 Å². The number of piperidine rings is 1. The van der Waals surface area contributed by atoms with Crippen molar-refractivity contribution in [3.63, 3.8) is 0 Å². The van der Waals surface area contributed by atoms with Gasteiger partial charge in [0.1, 0.15) is 0 Å². The second kappa shape index (κ2) is 8.89. The van der Waals surface area contributed by atoms with Crippen molar-refractivity contribution in [3.8, 4) is 0 Å². The van der Waals surface area contributed by atoms with Gasteiger partial charge >= 0.3 is 0 Å². The third kappa shape index (κ3) is 6.17. The number of hydrazine groups is 1. The minimum Gasteiger partial charge on any atom is -0.329 e. The predicted octanol–water partition coefficient (Wildman–Crippen LogP) is 3.05. The van der Waals surface area contributed by atoms with Gasteiger partial charge in [-0.3, -0.25) is 0 Å². The van der Waals surface area contributed by atoms with Gasteiger partial charge in [-0.25, -0.2) is 10.4 Å². The highest BCUT2D eigenvalue weighted by molar-refractivity contribution is 4.83. The van der Waals surface area contributed by atoms with Crippen molar-refractivity contribution < 1.29 is 0 Å². The van der Waals surface area contributed by atoms with Crippen LogP contribution in [0.2, 0.25) is 0 Å². The number of hydrogen-bond acceptors (Lipinski definition) is 3. The van der Waals surface area contributed by atoms with Gasteiger partial charge in [-0.05, 0) is 26.2 Å². The Hall–Kier alpha value is -0.120. The van der Waals surface area contributed by atoms with Crippen molar-refractivity contribution in [3.05, 3.63) is 0 Å². The molecule has 0 radical (unpaired) electrons. The molecule has 0 bridgehead atoms. The fraction of sp³-hybridized carbons (Fsp3) is 1.00. The fourth-order valence-corrected chi connectivity index (χ4v) is 2.71. The molecule has 0 aromatic rings. The van der Waals surface area contributed by atoms with Crippen LogP contribution in [0.15, 0.2) is 0 Å². The largest absolute Gasteiger partial charge is 0.329 e. The van der Waals surface area contributed by atoms with Gasteiger partial charge in [0.25, 0.3) is 0 Å². The number of unbranched alkanes of at least 4 members (excludes halogenated alkanes) is 4. The Morgan fingerprint density at radius 3 is 2.33 bits per heavy atom. The molecule has 3 N–H and O–H groups in total. The summed E-state index contributed by atoms with van der Waals surface area (Å²) in [6.07, 6.45) is 12.0. The first kappa shape index (κ1) is 15.9. The molecule has 1 fully saturated rings. The maximum absolute atomic E-state index is 5.98. The van der Waals surface area contributed by atoms with Gasteiger partial charge in [-0.1, -0.05) is 45.4 Å². The number of rotatable bonds is 9. The third-order valence-corrected chi connectivity index (χ3v) is 4.07. The van der Waals surface area contributed by atoms with E-state index in [1.165, 1.54) is 70.9 Å². The maximum atomic E-state index is 5.98. The molecule has 1 heterocycles. The molecule has 1 rings (SSSR count). The third-order valence-electron chi connectivity index (χ3n) is 4.07. The normalized spacial score (nSPS) is 20.8. The Kier molecular flexibility index (Phi) is 7.87. The Labute approximate surface area is 113 Å². The average molecular weight is 255 g/mol. The first-order valence-corrected chi connectivity index (χ1v) is 7.93. The summed E-state index contributed by atoms with van der Waals surface area (Å²) in [7, 11) is 0. The summed E-state index contributed by atoms with van der Waals surface area (Å²) in [5, 5.41) is 2.39. The molecule has 18 heavy (non-hydrogen) atoms. The van der Waals surface area contributed by atoms with Crippen LogP contribution in [0.3, 0.4) is 0 Å². The second-order valence-corrected chi connectivity index (χ2v) is 6.09. The van der Waals surface area contributed by atoms with E-state index in [1.54, 1.807) is 0 Å². The van der Waals surface area contributed by atoms with Crippen LogP contribution in [-0.4, -0.2) is 30.2 Å². The smallest absolute Gasteiger partial charge is 0.0420 e. The van der Waals surface area contributed by atoms with E-state index in [1.807, 2.05) is 0 Å². The quantitative estimate of drug-likeness (QED) is 0.622. The van der Waals surface area contributed by atoms with Gasteiger partial charge in [0, 0.05) is 25.2 Å². The van der Waals surface area contributed by atoms with Gasteiger partial charge in [-0.2, -0.15) is 0 Å². The molecule has 1 aliphatic rings. The molecule has 0 spiro atoms. The van der Waals surface area contributed by atoms with Crippen LogP contribution in [0.1, 0.15) is 71.6 Å². The summed E-state index contributed by atoms with van der Waals surface area (Å²) in [4.78, 5) is 0. The van der Waals surface area contributed by atoms with Crippen molar-refractivity contribution in [1.29, 1.82) is 0 Å². The molecule has 1 atom stereocenters. The number of nitrogens with two attached hydrogens (primary N) is 1. The molecular formula is C15H33N3. The van der Waals surface area contributed by atoms with Gasteiger partial charge < -0.3 is 5.73 Å². The van der Waals surface area contributed by atoms with E-state index in [-0.39, 0.29) is 5.54 Å². The number of nitrogens with one attached hydrogen (secondary N) is 1. The van der Waals surface area contributed by atoms with Crippen LogP contribution in [-0.2, 0) is 0 Å². The lowest BCUT2D eigenvalue weighted by Crippen LogP contribution is -2.57. The van der Waals surface area contributed by atoms with Gasteiger partial charge in [-0.15, -0.1) is 0 Å². The SMILES string of the molecule is CCCCCCCC(C)(CN)NN1CCCCC1.